The van der Waals surface area contributed by atoms with Crippen LogP contribution in [0, 0.1) is 6.92 Å². The Kier molecular flexibility index (Phi) is 5.43. The van der Waals surface area contributed by atoms with Crippen LogP contribution in [-0.2, 0) is 11.3 Å². The molecule has 0 saturated heterocycles. The molecule has 0 spiro atoms. The molecule has 0 bridgehead atoms. The average molecular weight is 370 g/mol. The summed E-state index contributed by atoms with van der Waals surface area (Å²) in [6.45, 7) is 4.18. The molecule has 0 atom stereocenters. The van der Waals surface area contributed by atoms with Crippen molar-refractivity contribution in [3.8, 4) is 17.0 Å². The molecule has 1 N–H and O–H groups in total. The number of ether oxygens (including phenoxy) is 1. The first-order valence-corrected chi connectivity index (χ1v) is 8.96. The Labute approximate surface area is 154 Å². The summed E-state index contributed by atoms with van der Waals surface area (Å²) < 4.78 is 6.56. The van der Waals surface area contributed by atoms with E-state index in [9.17, 15) is 9.59 Å². The molecule has 0 aliphatic heterocycles. The number of nitrogens with zero attached hydrogens (tertiary/aromatic N) is 3. The van der Waals surface area contributed by atoms with Gasteiger partial charge in [-0.05, 0) is 44.2 Å². The van der Waals surface area contributed by atoms with E-state index in [1.165, 1.54) is 17.4 Å². The summed E-state index contributed by atoms with van der Waals surface area (Å²) >= 11 is 1.34. The number of benzene rings is 1. The van der Waals surface area contributed by atoms with E-state index >= 15 is 0 Å². The fourth-order valence-corrected chi connectivity index (χ4v) is 3.02. The normalized spacial score (nSPS) is 10.5. The first-order valence-electron chi connectivity index (χ1n) is 8.08. The highest BCUT2D eigenvalue weighted by Gasteiger charge is 2.10. The van der Waals surface area contributed by atoms with E-state index in [1.807, 2.05) is 43.5 Å². The second kappa shape index (κ2) is 7.92. The first-order chi connectivity index (χ1) is 12.5. The van der Waals surface area contributed by atoms with Crippen molar-refractivity contribution in [2.45, 2.75) is 20.4 Å². The van der Waals surface area contributed by atoms with E-state index in [-0.39, 0.29) is 18.0 Å². The van der Waals surface area contributed by atoms with Crippen molar-refractivity contribution < 1.29 is 9.53 Å². The van der Waals surface area contributed by atoms with Crippen molar-refractivity contribution in [1.82, 2.24) is 14.8 Å². The van der Waals surface area contributed by atoms with E-state index in [0.717, 1.165) is 21.7 Å². The van der Waals surface area contributed by atoms with Gasteiger partial charge in [0.1, 0.15) is 12.3 Å². The lowest BCUT2D eigenvalue weighted by molar-refractivity contribution is -0.117. The third kappa shape index (κ3) is 4.34. The number of amides is 1. The Hall–Kier alpha value is -3.00. The van der Waals surface area contributed by atoms with E-state index in [2.05, 4.69) is 15.4 Å². The molecular formula is C18H18N4O3S. The van der Waals surface area contributed by atoms with Crippen molar-refractivity contribution in [2.24, 2.45) is 0 Å². The topological polar surface area (TPSA) is 86.1 Å². The smallest absolute Gasteiger partial charge is 0.267 e. The number of carbonyl (C=O) groups excluding carboxylic acids is 1. The van der Waals surface area contributed by atoms with E-state index < -0.39 is 0 Å². The van der Waals surface area contributed by atoms with Crippen LogP contribution in [0.5, 0.6) is 5.75 Å². The molecule has 3 rings (SSSR count). The molecule has 0 saturated carbocycles. The lowest BCUT2D eigenvalue weighted by atomic mass is 10.1. The van der Waals surface area contributed by atoms with Crippen LogP contribution in [0.4, 0.5) is 5.13 Å². The van der Waals surface area contributed by atoms with Crippen molar-refractivity contribution >= 4 is 22.4 Å². The third-order valence-electron chi connectivity index (χ3n) is 3.49. The summed E-state index contributed by atoms with van der Waals surface area (Å²) in [6, 6.07) is 10.4. The molecule has 0 aliphatic rings. The van der Waals surface area contributed by atoms with Crippen molar-refractivity contribution in [2.75, 3.05) is 11.9 Å². The van der Waals surface area contributed by atoms with Gasteiger partial charge in [0.05, 0.1) is 18.0 Å². The van der Waals surface area contributed by atoms with Gasteiger partial charge in [-0.3, -0.25) is 9.59 Å². The molecule has 1 amide bonds. The molecule has 0 aliphatic carbocycles. The molecule has 0 fully saturated rings. The number of hydrogen-bond acceptors (Lipinski definition) is 6. The number of hydrogen-bond donors (Lipinski definition) is 1. The summed E-state index contributed by atoms with van der Waals surface area (Å²) in [5.74, 6) is 0.417. The van der Waals surface area contributed by atoms with Gasteiger partial charge in [0.25, 0.3) is 5.56 Å². The van der Waals surface area contributed by atoms with E-state index in [1.54, 1.807) is 6.07 Å². The van der Waals surface area contributed by atoms with Gasteiger partial charge in [-0.2, -0.15) is 5.10 Å². The molecule has 134 valence electrons. The van der Waals surface area contributed by atoms with Crippen LogP contribution in [0.2, 0.25) is 0 Å². The Balaban J connectivity index is 1.76. The van der Waals surface area contributed by atoms with Crippen molar-refractivity contribution in [1.29, 1.82) is 0 Å². The monoisotopic (exact) mass is 370 g/mol. The van der Waals surface area contributed by atoms with E-state index in [4.69, 9.17) is 4.74 Å². The summed E-state index contributed by atoms with van der Waals surface area (Å²) in [5.41, 5.74) is 1.92. The van der Waals surface area contributed by atoms with Gasteiger partial charge >= 0.3 is 0 Å². The van der Waals surface area contributed by atoms with Gasteiger partial charge in [0.15, 0.2) is 5.13 Å². The van der Waals surface area contributed by atoms with Crippen LogP contribution in [0.15, 0.2) is 46.6 Å². The molecule has 1 aromatic carbocycles. The van der Waals surface area contributed by atoms with Gasteiger partial charge in [0.2, 0.25) is 5.91 Å². The summed E-state index contributed by atoms with van der Waals surface area (Å²) in [5, 5.41) is 9.30. The Bertz CT molecular complexity index is 963. The summed E-state index contributed by atoms with van der Waals surface area (Å²) in [6.07, 6.45) is 0. The number of aromatic nitrogens is 3. The zero-order valence-corrected chi connectivity index (χ0v) is 15.2. The van der Waals surface area contributed by atoms with Crippen LogP contribution < -0.4 is 15.6 Å². The molecule has 2 aromatic heterocycles. The van der Waals surface area contributed by atoms with Crippen LogP contribution in [-0.4, -0.2) is 27.3 Å². The Morgan fingerprint density at radius 3 is 2.65 bits per heavy atom. The number of aryl methyl sites for hydroxylation is 1. The number of nitrogens with one attached hydrogen (secondary N) is 1. The fourth-order valence-electron chi connectivity index (χ4n) is 2.31. The molecule has 7 nitrogen and oxygen atoms in total. The van der Waals surface area contributed by atoms with Gasteiger partial charge in [-0.1, -0.05) is 0 Å². The summed E-state index contributed by atoms with van der Waals surface area (Å²) in [7, 11) is 0. The van der Waals surface area contributed by atoms with Crippen LogP contribution in [0.3, 0.4) is 0 Å². The van der Waals surface area contributed by atoms with Crippen molar-refractivity contribution in [3.05, 3.63) is 57.8 Å². The van der Waals surface area contributed by atoms with Crippen LogP contribution in [0.25, 0.3) is 11.3 Å². The number of carbonyl (C=O) groups is 1. The predicted octanol–water partition coefficient (Wildman–Crippen LogP) is 2.71. The molecule has 2 heterocycles. The van der Waals surface area contributed by atoms with Crippen LogP contribution in [0.1, 0.15) is 12.6 Å². The van der Waals surface area contributed by atoms with Gasteiger partial charge in [-0.15, -0.1) is 11.3 Å². The standard InChI is InChI=1S/C18H18N4O3S/c1-3-25-14-6-4-13(5-7-14)15-8-9-17(24)22(21-15)10-16(23)20-18-19-12(2)11-26-18/h4-9,11H,3,10H2,1-2H3,(H,19,20,23). The number of thiazole rings is 1. The third-order valence-corrected chi connectivity index (χ3v) is 4.36. The lowest BCUT2D eigenvalue weighted by Crippen LogP contribution is -2.29. The zero-order chi connectivity index (χ0) is 18.5. The predicted molar refractivity (Wildman–Crippen MR) is 101 cm³/mol. The van der Waals surface area contributed by atoms with Crippen molar-refractivity contribution in [3.63, 3.8) is 0 Å². The highest BCUT2D eigenvalue weighted by atomic mass is 32.1. The largest absolute Gasteiger partial charge is 0.494 e. The SMILES string of the molecule is CCOc1ccc(-c2ccc(=O)n(CC(=O)Nc3nc(C)cs3)n2)cc1. The van der Waals surface area contributed by atoms with Gasteiger partial charge in [0, 0.05) is 17.0 Å². The molecule has 8 heteroatoms. The number of anilines is 1. The van der Waals surface area contributed by atoms with Crippen LogP contribution >= 0.6 is 11.3 Å². The average Bonchev–Trinajstić information content (AvgIpc) is 3.02. The second-order valence-corrected chi connectivity index (χ2v) is 6.37. The quantitative estimate of drug-likeness (QED) is 0.721. The second-order valence-electron chi connectivity index (χ2n) is 5.51. The molecule has 0 unspecified atom stereocenters. The van der Waals surface area contributed by atoms with Gasteiger partial charge in [-0.25, -0.2) is 9.67 Å². The fraction of sp³-hybridized carbons (Fsp3) is 0.222. The van der Waals surface area contributed by atoms with Gasteiger partial charge < -0.3 is 10.1 Å². The first kappa shape index (κ1) is 17.8. The van der Waals surface area contributed by atoms with E-state index in [0.29, 0.717) is 17.4 Å². The molecule has 3 aromatic rings. The minimum Gasteiger partial charge on any atom is -0.494 e. The molecule has 0 radical (unpaired) electrons. The minimum absolute atomic E-state index is 0.178. The zero-order valence-electron chi connectivity index (χ0n) is 14.4. The Morgan fingerprint density at radius 1 is 1.23 bits per heavy atom. The maximum atomic E-state index is 12.1. The highest BCUT2D eigenvalue weighted by molar-refractivity contribution is 7.13. The maximum Gasteiger partial charge on any atom is 0.267 e. The minimum atomic E-state index is -0.349. The molecule has 26 heavy (non-hydrogen) atoms. The molecular weight excluding hydrogens is 352 g/mol. The Morgan fingerprint density at radius 2 is 2.00 bits per heavy atom. The summed E-state index contributed by atoms with van der Waals surface area (Å²) in [4.78, 5) is 28.3. The highest BCUT2D eigenvalue weighted by Crippen LogP contribution is 2.20. The number of rotatable bonds is 6. The maximum absolute atomic E-state index is 12.1. The lowest BCUT2D eigenvalue weighted by Gasteiger charge is -2.08.